The summed E-state index contributed by atoms with van der Waals surface area (Å²) in [5.74, 6) is 0. The molecule has 0 heterocycles. The lowest BCUT2D eigenvalue weighted by molar-refractivity contribution is 0.219. The average Bonchev–Trinajstić information content (AvgIpc) is 2.50. The van der Waals surface area contributed by atoms with E-state index in [1.165, 1.54) is 5.56 Å². The van der Waals surface area contributed by atoms with Gasteiger partial charge in [0.15, 0.2) is 0 Å². The third kappa shape index (κ3) is 4.30. The molecule has 0 aromatic heterocycles. The normalized spacial score (nSPS) is 11.6. The summed E-state index contributed by atoms with van der Waals surface area (Å²) in [7, 11) is -3.06. The van der Waals surface area contributed by atoms with Crippen LogP contribution in [0.25, 0.3) is 11.1 Å². The first-order valence-corrected chi connectivity index (χ1v) is 9.34. The molecule has 0 saturated heterocycles. The molecule has 0 aliphatic rings. The number of benzene rings is 2. The molecule has 0 amide bonds. The van der Waals surface area contributed by atoms with E-state index in [2.05, 4.69) is 24.3 Å². The first-order chi connectivity index (χ1) is 10.6. The molecule has 22 heavy (non-hydrogen) atoms. The van der Waals surface area contributed by atoms with E-state index in [-0.39, 0.29) is 0 Å². The standard InChI is InChI=1S/C18H23O3P/c1-4-20-22(19,21-5-2)14-18-12-11-17(13-15(18)3)16-9-7-6-8-10-16/h6-13H,4-5,14H2,1-3H3. The van der Waals surface area contributed by atoms with Gasteiger partial charge in [-0.3, -0.25) is 4.57 Å². The van der Waals surface area contributed by atoms with Crippen LogP contribution < -0.4 is 0 Å². The zero-order valence-electron chi connectivity index (χ0n) is 13.4. The molecular formula is C18H23O3P. The quantitative estimate of drug-likeness (QED) is 0.639. The van der Waals surface area contributed by atoms with Crippen LogP contribution in [0.4, 0.5) is 0 Å². The Bertz CT molecular complexity index is 643. The largest absolute Gasteiger partial charge is 0.335 e. The van der Waals surface area contributed by atoms with Gasteiger partial charge in [-0.1, -0.05) is 48.5 Å². The third-order valence-electron chi connectivity index (χ3n) is 3.47. The van der Waals surface area contributed by atoms with Crippen molar-refractivity contribution >= 4 is 7.60 Å². The maximum Gasteiger partial charge on any atom is 0.335 e. The van der Waals surface area contributed by atoms with Crippen molar-refractivity contribution in [2.24, 2.45) is 0 Å². The molecule has 0 N–H and O–H groups in total. The summed E-state index contributed by atoms with van der Waals surface area (Å²) in [4.78, 5) is 0. The van der Waals surface area contributed by atoms with Gasteiger partial charge in [-0.25, -0.2) is 0 Å². The second-order valence-electron chi connectivity index (χ2n) is 5.11. The SMILES string of the molecule is CCOP(=O)(Cc1ccc(-c2ccccc2)cc1C)OCC. The highest BCUT2D eigenvalue weighted by atomic mass is 31.2. The number of aryl methyl sites for hydroxylation is 1. The van der Waals surface area contributed by atoms with Crippen LogP contribution in [0.1, 0.15) is 25.0 Å². The maximum atomic E-state index is 12.6. The van der Waals surface area contributed by atoms with Crippen molar-refractivity contribution in [2.75, 3.05) is 13.2 Å². The molecule has 0 saturated carbocycles. The van der Waals surface area contributed by atoms with E-state index in [0.29, 0.717) is 19.4 Å². The lowest BCUT2D eigenvalue weighted by atomic mass is 10.0. The second kappa shape index (κ2) is 7.73. The summed E-state index contributed by atoms with van der Waals surface area (Å²) < 4.78 is 23.4. The number of hydrogen-bond acceptors (Lipinski definition) is 3. The number of hydrogen-bond donors (Lipinski definition) is 0. The molecule has 0 radical (unpaired) electrons. The fourth-order valence-electron chi connectivity index (χ4n) is 2.41. The van der Waals surface area contributed by atoms with Gasteiger partial charge in [0.25, 0.3) is 0 Å². The van der Waals surface area contributed by atoms with Crippen molar-refractivity contribution < 1.29 is 13.6 Å². The third-order valence-corrected chi connectivity index (χ3v) is 5.50. The van der Waals surface area contributed by atoms with E-state index in [4.69, 9.17) is 9.05 Å². The molecular weight excluding hydrogens is 295 g/mol. The molecule has 0 fully saturated rings. The van der Waals surface area contributed by atoms with Gasteiger partial charge in [-0.2, -0.15) is 0 Å². The average molecular weight is 318 g/mol. The summed E-state index contributed by atoms with van der Waals surface area (Å²) >= 11 is 0. The van der Waals surface area contributed by atoms with Crippen LogP contribution in [0, 0.1) is 6.92 Å². The van der Waals surface area contributed by atoms with Crippen LogP contribution in [0.3, 0.4) is 0 Å². The molecule has 0 unspecified atom stereocenters. The van der Waals surface area contributed by atoms with Gasteiger partial charge in [0, 0.05) is 0 Å². The molecule has 0 bridgehead atoms. The van der Waals surface area contributed by atoms with Gasteiger partial charge in [-0.05, 0) is 43.0 Å². The summed E-state index contributed by atoms with van der Waals surface area (Å²) in [6.07, 6.45) is 0.315. The Hall–Kier alpha value is -1.41. The van der Waals surface area contributed by atoms with Gasteiger partial charge in [0.2, 0.25) is 0 Å². The van der Waals surface area contributed by atoms with E-state index in [9.17, 15) is 4.57 Å². The van der Waals surface area contributed by atoms with Gasteiger partial charge in [0.1, 0.15) is 0 Å². The fraction of sp³-hybridized carbons (Fsp3) is 0.333. The summed E-state index contributed by atoms with van der Waals surface area (Å²) in [6, 6.07) is 16.4. The minimum atomic E-state index is -3.06. The van der Waals surface area contributed by atoms with Crippen molar-refractivity contribution in [2.45, 2.75) is 26.9 Å². The Morgan fingerprint density at radius 3 is 2.09 bits per heavy atom. The van der Waals surface area contributed by atoms with E-state index in [0.717, 1.165) is 16.7 Å². The van der Waals surface area contributed by atoms with E-state index < -0.39 is 7.60 Å². The Morgan fingerprint density at radius 1 is 0.909 bits per heavy atom. The maximum absolute atomic E-state index is 12.6. The lowest BCUT2D eigenvalue weighted by Gasteiger charge is -2.18. The van der Waals surface area contributed by atoms with Gasteiger partial charge >= 0.3 is 7.60 Å². The predicted molar refractivity (Wildman–Crippen MR) is 91.2 cm³/mol. The minimum absolute atomic E-state index is 0.315. The Kier molecular flexibility index (Phi) is 5.96. The van der Waals surface area contributed by atoms with E-state index >= 15 is 0 Å². The van der Waals surface area contributed by atoms with E-state index in [1.54, 1.807) is 0 Å². The second-order valence-corrected chi connectivity index (χ2v) is 7.17. The van der Waals surface area contributed by atoms with Crippen molar-refractivity contribution in [3.63, 3.8) is 0 Å². The number of rotatable bonds is 7. The molecule has 4 heteroatoms. The lowest BCUT2D eigenvalue weighted by Crippen LogP contribution is -2.00. The molecule has 0 aliphatic carbocycles. The van der Waals surface area contributed by atoms with Gasteiger partial charge < -0.3 is 9.05 Å². The summed E-state index contributed by atoms with van der Waals surface area (Å²) in [6.45, 7) is 6.47. The van der Waals surface area contributed by atoms with Crippen molar-refractivity contribution in [1.82, 2.24) is 0 Å². The highest BCUT2D eigenvalue weighted by Crippen LogP contribution is 2.51. The Balaban J connectivity index is 2.24. The molecule has 2 aromatic rings. The first-order valence-electron chi connectivity index (χ1n) is 7.61. The zero-order valence-corrected chi connectivity index (χ0v) is 14.3. The van der Waals surface area contributed by atoms with Crippen molar-refractivity contribution in [3.8, 4) is 11.1 Å². The van der Waals surface area contributed by atoms with Crippen LogP contribution in [-0.2, 0) is 19.8 Å². The van der Waals surface area contributed by atoms with Gasteiger partial charge in [0.05, 0.1) is 19.4 Å². The van der Waals surface area contributed by atoms with E-state index in [1.807, 2.05) is 45.0 Å². The van der Waals surface area contributed by atoms with Crippen LogP contribution in [0.15, 0.2) is 48.5 Å². The smallest absolute Gasteiger partial charge is 0.309 e. The topological polar surface area (TPSA) is 35.5 Å². The molecule has 0 atom stereocenters. The fourth-order valence-corrected chi connectivity index (χ4v) is 4.23. The molecule has 3 nitrogen and oxygen atoms in total. The van der Waals surface area contributed by atoms with Crippen LogP contribution >= 0.6 is 7.60 Å². The molecule has 2 aromatic carbocycles. The monoisotopic (exact) mass is 318 g/mol. The zero-order chi connectivity index (χ0) is 16.0. The van der Waals surface area contributed by atoms with Gasteiger partial charge in [-0.15, -0.1) is 0 Å². The van der Waals surface area contributed by atoms with Crippen LogP contribution in [0.2, 0.25) is 0 Å². The molecule has 0 spiro atoms. The first kappa shape index (κ1) is 17.0. The Labute approximate surface area is 132 Å². The summed E-state index contributed by atoms with van der Waals surface area (Å²) in [5.41, 5.74) is 4.44. The van der Waals surface area contributed by atoms with Crippen molar-refractivity contribution in [1.29, 1.82) is 0 Å². The highest BCUT2D eigenvalue weighted by molar-refractivity contribution is 7.53. The Morgan fingerprint density at radius 2 is 1.55 bits per heavy atom. The molecule has 0 aliphatic heterocycles. The predicted octanol–water partition coefficient (Wildman–Crippen LogP) is 5.43. The highest BCUT2D eigenvalue weighted by Gasteiger charge is 2.24. The van der Waals surface area contributed by atoms with Crippen LogP contribution in [0.5, 0.6) is 0 Å². The minimum Gasteiger partial charge on any atom is -0.309 e. The van der Waals surface area contributed by atoms with Crippen molar-refractivity contribution in [3.05, 3.63) is 59.7 Å². The summed E-state index contributed by atoms with van der Waals surface area (Å²) in [5, 5.41) is 0. The molecule has 2 rings (SSSR count). The van der Waals surface area contributed by atoms with Crippen LogP contribution in [-0.4, -0.2) is 13.2 Å². The molecule has 118 valence electrons.